The number of ether oxygens (including phenoxy) is 1. The molecule has 2 saturated heterocycles. The van der Waals surface area contributed by atoms with E-state index in [0.717, 1.165) is 63.8 Å². The first-order chi connectivity index (χ1) is 11.7. The van der Waals surface area contributed by atoms with Gasteiger partial charge in [0, 0.05) is 45.5 Å². The van der Waals surface area contributed by atoms with E-state index < -0.39 is 0 Å². The number of piperazine rings is 1. The normalized spacial score (nSPS) is 24.7. The Morgan fingerprint density at radius 3 is 2.83 bits per heavy atom. The summed E-state index contributed by atoms with van der Waals surface area (Å²) in [6.07, 6.45) is 4.02. The van der Waals surface area contributed by atoms with Crippen LogP contribution in [0.15, 0.2) is 6.20 Å². The summed E-state index contributed by atoms with van der Waals surface area (Å²) < 4.78 is 5.66. The molecule has 0 radical (unpaired) electrons. The van der Waals surface area contributed by atoms with E-state index in [1.807, 2.05) is 4.90 Å². The first kappa shape index (κ1) is 15.8. The summed E-state index contributed by atoms with van der Waals surface area (Å²) >= 11 is 0. The van der Waals surface area contributed by atoms with E-state index in [2.05, 4.69) is 21.7 Å². The van der Waals surface area contributed by atoms with Crippen LogP contribution in [0.5, 0.6) is 0 Å². The Morgan fingerprint density at radius 2 is 2.12 bits per heavy atom. The summed E-state index contributed by atoms with van der Waals surface area (Å²) in [4.78, 5) is 28.2. The topological polar surface area (TPSA) is 61.8 Å². The highest BCUT2D eigenvalue weighted by Gasteiger charge is 2.32. The first-order valence-corrected chi connectivity index (χ1v) is 8.98. The Balaban J connectivity index is 1.44. The number of nitrogens with zero attached hydrogens (tertiary/aromatic N) is 5. The molecule has 4 heterocycles. The Morgan fingerprint density at radius 1 is 1.29 bits per heavy atom. The number of amides is 1. The van der Waals surface area contributed by atoms with Crippen LogP contribution >= 0.6 is 0 Å². The van der Waals surface area contributed by atoms with Crippen LogP contribution in [-0.4, -0.2) is 77.7 Å². The molecule has 3 aliphatic heterocycles. The molecule has 0 saturated carbocycles. The van der Waals surface area contributed by atoms with Crippen LogP contribution < -0.4 is 4.90 Å². The van der Waals surface area contributed by atoms with E-state index in [1.165, 1.54) is 0 Å². The quantitative estimate of drug-likeness (QED) is 0.811. The molecule has 4 rings (SSSR count). The van der Waals surface area contributed by atoms with Gasteiger partial charge < -0.3 is 19.4 Å². The van der Waals surface area contributed by atoms with Gasteiger partial charge in [-0.15, -0.1) is 0 Å². The number of aromatic nitrogens is 2. The number of anilines is 1. The van der Waals surface area contributed by atoms with Crippen LogP contribution in [0, 0.1) is 0 Å². The van der Waals surface area contributed by atoms with Crippen molar-refractivity contribution in [3.63, 3.8) is 0 Å². The van der Waals surface area contributed by atoms with Crippen LogP contribution in [-0.2, 0) is 11.3 Å². The summed E-state index contributed by atoms with van der Waals surface area (Å²) in [6, 6.07) is 0. The summed E-state index contributed by atoms with van der Waals surface area (Å²) in [5, 5.41) is 0. The molecule has 7 nitrogen and oxygen atoms in total. The van der Waals surface area contributed by atoms with Crippen molar-refractivity contribution in [2.45, 2.75) is 32.4 Å². The van der Waals surface area contributed by atoms with E-state index >= 15 is 0 Å². The third-order valence-corrected chi connectivity index (χ3v) is 5.26. The number of hydrogen-bond donors (Lipinski definition) is 0. The lowest BCUT2D eigenvalue weighted by molar-refractivity contribution is 0.0544. The van der Waals surface area contributed by atoms with Crippen molar-refractivity contribution >= 4 is 11.9 Å². The fraction of sp³-hybridized carbons (Fsp3) is 0.706. The van der Waals surface area contributed by atoms with Gasteiger partial charge in [-0.25, -0.2) is 9.97 Å². The number of rotatable bonds is 4. The molecule has 0 aromatic carbocycles. The molecule has 3 aliphatic rings. The maximum Gasteiger partial charge on any atom is 0.257 e. The van der Waals surface area contributed by atoms with Gasteiger partial charge in [-0.05, 0) is 19.4 Å². The molecule has 1 aromatic rings. The van der Waals surface area contributed by atoms with Crippen LogP contribution in [0.4, 0.5) is 5.95 Å². The predicted molar refractivity (Wildman–Crippen MR) is 90.1 cm³/mol. The van der Waals surface area contributed by atoms with Crippen LogP contribution in [0.3, 0.4) is 0 Å². The average Bonchev–Trinajstić information content (AvgIpc) is 3.24. The van der Waals surface area contributed by atoms with Crippen LogP contribution in [0.25, 0.3) is 0 Å². The molecule has 1 amide bonds. The van der Waals surface area contributed by atoms with Crippen LogP contribution in [0.1, 0.15) is 35.8 Å². The summed E-state index contributed by atoms with van der Waals surface area (Å²) in [5.41, 5.74) is 1.52. The number of carbonyl (C=O) groups excluding carboxylic acids is 1. The molecule has 0 spiro atoms. The van der Waals surface area contributed by atoms with Crippen LogP contribution in [0.2, 0.25) is 0 Å². The Labute approximate surface area is 142 Å². The van der Waals surface area contributed by atoms with E-state index in [1.54, 1.807) is 6.20 Å². The van der Waals surface area contributed by atoms with Gasteiger partial charge in [0.05, 0.1) is 23.9 Å². The second-order valence-corrected chi connectivity index (χ2v) is 6.77. The molecule has 1 aromatic heterocycles. The minimum atomic E-state index is 0.0443. The number of fused-ring (bicyclic) bond motifs is 1. The lowest BCUT2D eigenvalue weighted by Gasteiger charge is -2.34. The summed E-state index contributed by atoms with van der Waals surface area (Å²) in [7, 11) is 0. The highest BCUT2D eigenvalue weighted by Crippen LogP contribution is 2.25. The van der Waals surface area contributed by atoms with Crippen molar-refractivity contribution < 1.29 is 9.53 Å². The molecule has 1 atom stereocenters. The van der Waals surface area contributed by atoms with Crippen molar-refractivity contribution in [1.29, 1.82) is 0 Å². The molecular weight excluding hydrogens is 306 g/mol. The second kappa shape index (κ2) is 6.64. The van der Waals surface area contributed by atoms with E-state index in [0.29, 0.717) is 18.7 Å². The van der Waals surface area contributed by atoms with Gasteiger partial charge in [-0.1, -0.05) is 6.92 Å². The first-order valence-electron chi connectivity index (χ1n) is 8.98. The zero-order chi connectivity index (χ0) is 16.5. The smallest absolute Gasteiger partial charge is 0.257 e. The van der Waals surface area contributed by atoms with Crippen molar-refractivity contribution in [2.24, 2.45) is 0 Å². The molecule has 24 heavy (non-hydrogen) atoms. The zero-order valence-electron chi connectivity index (χ0n) is 14.3. The van der Waals surface area contributed by atoms with E-state index in [-0.39, 0.29) is 12.0 Å². The van der Waals surface area contributed by atoms with Gasteiger partial charge in [0.15, 0.2) is 0 Å². The second-order valence-electron chi connectivity index (χ2n) is 6.77. The monoisotopic (exact) mass is 331 g/mol. The molecular formula is C17H25N5O2. The summed E-state index contributed by atoms with van der Waals surface area (Å²) in [6.45, 7) is 9.31. The van der Waals surface area contributed by atoms with Gasteiger partial charge in [-0.3, -0.25) is 4.79 Å². The molecule has 0 unspecified atom stereocenters. The van der Waals surface area contributed by atoms with Gasteiger partial charge >= 0.3 is 0 Å². The maximum absolute atomic E-state index is 12.5. The van der Waals surface area contributed by atoms with Gasteiger partial charge in [0.1, 0.15) is 0 Å². The fourth-order valence-electron chi connectivity index (χ4n) is 3.73. The molecule has 0 N–H and O–H groups in total. The lowest BCUT2D eigenvalue weighted by Crippen LogP contribution is -2.46. The Hall–Kier alpha value is -1.73. The number of carbonyl (C=O) groups is 1. The number of likely N-dealkylation sites (N-methyl/N-ethyl adjacent to an activating group) is 1. The average molecular weight is 331 g/mol. The lowest BCUT2D eigenvalue weighted by atomic mass is 10.2. The van der Waals surface area contributed by atoms with Gasteiger partial charge in [-0.2, -0.15) is 0 Å². The Bertz CT molecular complexity index is 609. The maximum atomic E-state index is 12.5. The highest BCUT2D eigenvalue weighted by molar-refractivity contribution is 5.97. The summed E-state index contributed by atoms with van der Waals surface area (Å²) in [5.74, 6) is 0.805. The molecule has 2 fully saturated rings. The van der Waals surface area contributed by atoms with Crippen molar-refractivity contribution in [1.82, 2.24) is 19.8 Å². The standard InChI is InChI=1S/C17H25N5O2/c1-2-20-5-7-21(8-6-20)17-18-10-14-15(19-17)12-22(16(14)23)11-13-4-3-9-24-13/h10,13H,2-9,11-12H2,1H3/t13-/m0/s1. The largest absolute Gasteiger partial charge is 0.376 e. The minimum Gasteiger partial charge on any atom is -0.376 e. The third kappa shape index (κ3) is 2.98. The van der Waals surface area contributed by atoms with Crippen molar-refractivity contribution in [3.05, 3.63) is 17.5 Å². The number of hydrogen-bond acceptors (Lipinski definition) is 6. The predicted octanol–water partition coefficient (Wildman–Crippen LogP) is 0.753. The van der Waals surface area contributed by atoms with Crippen molar-refractivity contribution in [3.8, 4) is 0 Å². The minimum absolute atomic E-state index is 0.0443. The molecule has 0 aliphatic carbocycles. The SMILES string of the molecule is CCN1CCN(c2ncc3c(n2)CN(C[C@@H]2CCCO2)C3=O)CC1. The molecule has 130 valence electrons. The van der Waals surface area contributed by atoms with E-state index in [9.17, 15) is 4.79 Å². The highest BCUT2D eigenvalue weighted by atomic mass is 16.5. The molecule has 7 heteroatoms. The third-order valence-electron chi connectivity index (χ3n) is 5.26. The van der Waals surface area contributed by atoms with Gasteiger partial charge in [0.2, 0.25) is 5.95 Å². The molecule has 0 bridgehead atoms. The van der Waals surface area contributed by atoms with E-state index in [4.69, 9.17) is 9.72 Å². The fourth-order valence-corrected chi connectivity index (χ4v) is 3.73. The van der Waals surface area contributed by atoms with Gasteiger partial charge in [0.25, 0.3) is 5.91 Å². The zero-order valence-corrected chi connectivity index (χ0v) is 14.3. The van der Waals surface area contributed by atoms with Crippen molar-refractivity contribution in [2.75, 3.05) is 50.8 Å². The Kier molecular flexibility index (Phi) is 4.37.